The summed E-state index contributed by atoms with van der Waals surface area (Å²) in [5.41, 5.74) is 11.5. The Hall–Kier alpha value is -10.9. The van der Waals surface area contributed by atoms with Crippen LogP contribution in [0.15, 0.2) is 297 Å². The highest BCUT2D eigenvalue weighted by Gasteiger charge is 2.41. The third-order valence-corrected chi connectivity index (χ3v) is 22.0. The van der Waals surface area contributed by atoms with Crippen LogP contribution in [0.5, 0.6) is 0 Å². The zero-order chi connectivity index (χ0) is 54.6. The second kappa shape index (κ2) is 18.6. The summed E-state index contributed by atoms with van der Waals surface area (Å²) >= 11 is 0. The van der Waals surface area contributed by atoms with Gasteiger partial charge >= 0.3 is 0 Å². The third kappa shape index (κ3) is 7.00. The van der Waals surface area contributed by atoms with Gasteiger partial charge in [-0.25, -0.2) is 0 Å². The number of hydrogen-bond acceptors (Lipinski definition) is 3. The molecule has 388 valence electrons. The molecule has 0 fully saturated rings. The Bertz CT molecular complexity index is 5180. The van der Waals surface area contributed by atoms with Gasteiger partial charge in [-0.3, -0.25) is 9.13 Å². The normalized spacial score (nSPS) is 12.1. The van der Waals surface area contributed by atoms with E-state index in [1.54, 1.807) is 0 Å². The largest absolute Gasteiger partial charge is 0.309 e. The van der Waals surface area contributed by atoms with Crippen LogP contribution in [0.2, 0.25) is 0 Å². The zero-order valence-corrected chi connectivity index (χ0v) is 45.9. The Morgan fingerprint density at radius 3 is 1.08 bits per heavy atom. The van der Waals surface area contributed by atoms with Gasteiger partial charge in [0.25, 0.3) is 0 Å². The average Bonchev–Trinajstić information content (AvgIpc) is 2.53. The minimum absolute atomic E-state index is 0.517. The quantitative estimate of drug-likeness (QED) is 0.107. The van der Waals surface area contributed by atoms with E-state index >= 15 is 0 Å². The topological polar surface area (TPSA) is 58.4 Å². The van der Waals surface area contributed by atoms with Crippen molar-refractivity contribution in [2.75, 3.05) is 0 Å². The van der Waals surface area contributed by atoms with Crippen LogP contribution >= 0.6 is 0 Å². The van der Waals surface area contributed by atoms with Crippen LogP contribution in [0.4, 0.5) is 0 Å². The maximum absolute atomic E-state index is 5.67. The Balaban J connectivity index is 0.936. The first-order chi connectivity index (χ1) is 41.2. The molecule has 83 heavy (non-hydrogen) atoms. The van der Waals surface area contributed by atoms with E-state index in [-0.39, 0.29) is 0 Å². The molecule has 0 aliphatic heterocycles. The summed E-state index contributed by atoms with van der Waals surface area (Å²) in [5, 5.41) is 14.5. The summed E-state index contributed by atoms with van der Waals surface area (Å²) in [5.74, 6) is 1.62. The van der Waals surface area contributed by atoms with Gasteiger partial charge in [-0.15, -0.1) is 0 Å². The molecule has 12 aromatic carbocycles. The fourth-order valence-electron chi connectivity index (χ4n) is 13.7. The van der Waals surface area contributed by atoms with Crippen molar-refractivity contribution in [3.63, 3.8) is 0 Å². The smallest absolute Gasteiger partial charge is 0.240 e. The molecule has 5 aromatic heterocycles. The minimum Gasteiger partial charge on any atom is -0.309 e. The van der Waals surface area contributed by atoms with Gasteiger partial charge in [0.2, 0.25) is 11.9 Å². The van der Waals surface area contributed by atoms with Gasteiger partial charge in [0.15, 0.2) is 13.9 Å². The summed E-state index contributed by atoms with van der Waals surface area (Å²) < 4.78 is 9.36. The summed E-state index contributed by atoms with van der Waals surface area (Å²) in [6.45, 7) is 0. The van der Waals surface area contributed by atoms with E-state index < -0.39 is 8.07 Å². The predicted molar refractivity (Wildman–Crippen MR) is 346 cm³/mol. The molecule has 7 nitrogen and oxygen atoms in total. The fourth-order valence-corrected chi connectivity index (χ4v) is 18.4. The first kappa shape index (κ1) is 46.9. The van der Waals surface area contributed by atoms with Crippen molar-refractivity contribution in [2.45, 2.75) is 0 Å². The summed E-state index contributed by atoms with van der Waals surface area (Å²) in [7, 11) is -2.84. The van der Waals surface area contributed by atoms with Crippen molar-refractivity contribution >= 4 is 116 Å². The van der Waals surface area contributed by atoms with Gasteiger partial charge in [-0.1, -0.05) is 243 Å². The monoisotopic (exact) mass is 1080 g/mol. The molecule has 0 aliphatic carbocycles. The van der Waals surface area contributed by atoms with Gasteiger partial charge < -0.3 is 9.13 Å². The summed E-state index contributed by atoms with van der Waals surface area (Å²) in [6.07, 6.45) is 0. The lowest BCUT2D eigenvalue weighted by Gasteiger charge is -2.34. The lowest BCUT2D eigenvalue weighted by Crippen LogP contribution is -2.74. The molecule has 0 atom stereocenters. The molecule has 0 saturated carbocycles. The SMILES string of the molecule is c1ccc([Si](c2ccccc2)(c2ccccc2)c2ccc(-c3nc(-n4c5ccccc5c5ccccc54)nc(-n4c5ccccc5c5cccc(-n6c7ccccc7c7ccc(-n8c9ccccc9c9ccccc98)cc76)c54)n3)cc2)cc1. The van der Waals surface area contributed by atoms with Gasteiger partial charge in [-0.05, 0) is 75.3 Å². The van der Waals surface area contributed by atoms with Crippen LogP contribution < -0.4 is 20.7 Å². The average molecular weight is 1080 g/mol. The first-order valence-electron chi connectivity index (χ1n) is 28.3. The lowest BCUT2D eigenvalue weighted by molar-refractivity contribution is 0.891. The highest BCUT2D eigenvalue weighted by Crippen LogP contribution is 2.42. The number of hydrogen-bond donors (Lipinski definition) is 0. The summed E-state index contributed by atoms with van der Waals surface area (Å²) in [4.78, 5) is 16.9. The van der Waals surface area contributed by atoms with Crippen molar-refractivity contribution < 1.29 is 0 Å². The first-order valence-corrected chi connectivity index (χ1v) is 30.3. The summed E-state index contributed by atoms with van der Waals surface area (Å²) in [6, 6.07) is 108. The third-order valence-electron chi connectivity index (χ3n) is 17.2. The van der Waals surface area contributed by atoms with Crippen LogP contribution in [0, 0.1) is 0 Å². The molecular weight excluding hydrogens is 1030 g/mol. The number of nitrogens with zero attached hydrogens (tertiary/aromatic N) is 7. The number of aromatic nitrogens is 7. The van der Waals surface area contributed by atoms with E-state index in [4.69, 9.17) is 15.0 Å². The Morgan fingerprint density at radius 1 is 0.241 bits per heavy atom. The predicted octanol–water partition coefficient (Wildman–Crippen LogP) is 15.3. The van der Waals surface area contributed by atoms with Crippen LogP contribution in [0.3, 0.4) is 0 Å². The molecule has 0 radical (unpaired) electrons. The van der Waals surface area contributed by atoms with Crippen molar-refractivity contribution in [3.05, 3.63) is 297 Å². The van der Waals surface area contributed by atoms with Gasteiger partial charge in [0.05, 0.1) is 49.8 Å². The van der Waals surface area contributed by atoms with Crippen LogP contribution in [-0.2, 0) is 0 Å². The van der Waals surface area contributed by atoms with Gasteiger partial charge in [0, 0.05) is 54.3 Å². The van der Waals surface area contributed by atoms with E-state index in [2.05, 4.69) is 316 Å². The fraction of sp³-hybridized carbons (Fsp3) is 0. The van der Waals surface area contributed by atoms with Crippen LogP contribution in [0.1, 0.15) is 0 Å². The van der Waals surface area contributed by atoms with E-state index in [9.17, 15) is 0 Å². The van der Waals surface area contributed by atoms with E-state index in [0.29, 0.717) is 17.7 Å². The Kier molecular flexibility index (Phi) is 10.5. The highest BCUT2D eigenvalue weighted by atomic mass is 28.3. The molecule has 5 heterocycles. The number of rotatable bonds is 9. The Morgan fingerprint density at radius 2 is 0.602 bits per heavy atom. The van der Waals surface area contributed by atoms with E-state index in [0.717, 1.165) is 71.6 Å². The van der Waals surface area contributed by atoms with Crippen LogP contribution in [0.25, 0.3) is 122 Å². The van der Waals surface area contributed by atoms with Crippen molar-refractivity contribution in [3.8, 4) is 34.7 Å². The standard InChI is InChI=1S/C75H49N7Si/c1-4-23-52(24-5-1)83(53-25-6-2-7-26-53,54-27-8-3-9-28-54)55-46-43-50(44-47-55)73-76-74(81-67-39-19-13-31-58(67)59-32-14-20-40-68(59)81)78-75(77-73)82-69-41-21-15-34-61(69)63-35-22-42-70(72(63)82)80-66-38-18-12-33-60(66)62-48-45-51(49-71(62)80)79-64-36-16-10-29-56(64)57-30-11-17-37-65(57)79/h1-49H. The van der Waals surface area contributed by atoms with E-state index in [1.807, 2.05) is 0 Å². The molecule has 0 spiro atoms. The number of fused-ring (bicyclic) bond motifs is 12. The maximum atomic E-state index is 5.67. The molecule has 0 amide bonds. The molecule has 0 bridgehead atoms. The van der Waals surface area contributed by atoms with E-state index in [1.165, 1.54) is 53.3 Å². The number of para-hydroxylation sites is 7. The van der Waals surface area contributed by atoms with Crippen molar-refractivity contribution in [2.24, 2.45) is 0 Å². The lowest BCUT2D eigenvalue weighted by atomic mass is 10.1. The molecule has 0 aliphatic rings. The molecule has 0 saturated heterocycles. The molecule has 0 unspecified atom stereocenters. The highest BCUT2D eigenvalue weighted by molar-refractivity contribution is 7.19. The molecule has 8 heteroatoms. The van der Waals surface area contributed by atoms with Gasteiger partial charge in [-0.2, -0.15) is 15.0 Å². The Labute approximate surface area is 478 Å². The van der Waals surface area contributed by atoms with Crippen molar-refractivity contribution in [1.82, 2.24) is 33.2 Å². The number of benzene rings is 12. The molecule has 17 rings (SSSR count). The zero-order valence-electron chi connectivity index (χ0n) is 44.9. The molecule has 0 N–H and O–H groups in total. The second-order valence-electron chi connectivity index (χ2n) is 21.5. The molecule has 17 aromatic rings. The minimum atomic E-state index is -2.84. The molecular formula is C75H49N7Si. The maximum Gasteiger partial charge on any atom is 0.240 e. The second-order valence-corrected chi connectivity index (χ2v) is 25.3. The van der Waals surface area contributed by atoms with Crippen LogP contribution in [-0.4, -0.2) is 41.3 Å². The van der Waals surface area contributed by atoms with Crippen molar-refractivity contribution in [1.29, 1.82) is 0 Å². The van der Waals surface area contributed by atoms with Gasteiger partial charge in [0.1, 0.15) is 0 Å².